The molecule has 1 heterocycles. The Morgan fingerprint density at radius 3 is 2.46 bits per heavy atom. The number of carbonyl (C=O) groups is 1. The van der Waals surface area contributed by atoms with Crippen LogP contribution in [0.25, 0.3) is 0 Å². The normalized spacial score (nSPS) is 23.2. The first-order chi connectivity index (χ1) is 6.36. The Bertz CT molecular complexity index is 183. The molecule has 1 saturated heterocycles. The molecule has 0 radical (unpaired) electrons. The molecule has 1 amide bonds. The van der Waals surface area contributed by atoms with E-state index >= 15 is 0 Å². The van der Waals surface area contributed by atoms with Crippen molar-refractivity contribution in [2.24, 2.45) is 0 Å². The van der Waals surface area contributed by atoms with E-state index in [-0.39, 0.29) is 0 Å². The molecular formula is C10H18N2O. The lowest BCUT2D eigenvalue weighted by atomic mass is 9.93. The highest BCUT2D eigenvalue weighted by Gasteiger charge is 2.21. The van der Waals surface area contributed by atoms with E-state index in [9.17, 15) is 4.79 Å². The van der Waals surface area contributed by atoms with Gasteiger partial charge in [-0.3, -0.25) is 4.79 Å². The zero-order valence-electron chi connectivity index (χ0n) is 8.09. The van der Waals surface area contributed by atoms with Crippen molar-refractivity contribution in [2.75, 3.05) is 19.6 Å². The van der Waals surface area contributed by atoms with Gasteiger partial charge in [0.15, 0.2) is 0 Å². The summed E-state index contributed by atoms with van der Waals surface area (Å²) >= 11 is 0. The number of hydrogen-bond acceptors (Lipinski definition) is 2. The molecule has 1 saturated carbocycles. The Morgan fingerprint density at radius 2 is 1.92 bits per heavy atom. The van der Waals surface area contributed by atoms with E-state index in [1.165, 1.54) is 32.1 Å². The molecule has 2 fully saturated rings. The summed E-state index contributed by atoms with van der Waals surface area (Å²) in [5.41, 5.74) is 0. The molecule has 0 aromatic carbocycles. The molecule has 13 heavy (non-hydrogen) atoms. The van der Waals surface area contributed by atoms with Crippen LogP contribution in [-0.2, 0) is 4.79 Å². The van der Waals surface area contributed by atoms with Crippen LogP contribution in [0.1, 0.15) is 32.1 Å². The largest absolute Gasteiger partial charge is 0.342 e. The lowest BCUT2D eigenvalue weighted by Crippen LogP contribution is -2.43. The maximum absolute atomic E-state index is 11.6. The molecule has 3 nitrogen and oxygen atoms in total. The summed E-state index contributed by atoms with van der Waals surface area (Å²) in [6.07, 6.45) is 6.22. The second-order valence-corrected chi connectivity index (χ2v) is 4.10. The maximum Gasteiger partial charge on any atom is 0.236 e. The van der Waals surface area contributed by atoms with E-state index in [0.717, 1.165) is 13.1 Å². The van der Waals surface area contributed by atoms with Gasteiger partial charge in [0, 0.05) is 19.1 Å². The van der Waals surface area contributed by atoms with Crippen LogP contribution in [0.15, 0.2) is 0 Å². The van der Waals surface area contributed by atoms with Gasteiger partial charge in [0.05, 0.1) is 6.54 Å². The first-order valence-electron chi connectivity index (χ1n) is 5.37. The molecular weight excluding hydrogens is 164 g/mol. The summed E-state index contributed by atoms with van der Waals surface area (Å²) in [6, 6.07) is 0.631. The van der Waals surface area contributed by atoms with Gasteiger partial charge < -0.3 is 10.2 Å². The Labute approximate surface area is 79.5 Å². The Kier molecular flexibility index (Phi) is 2.83. The van der Waals surface area contributed by atoms with Crippen LogP contribution in [0.2, 0.25) is 0 Å². The van der Waals surface area contributed by atoms with Gasteiger partial charge in [0.25, 0.3) is 0 Å². The van der Waals surface area contributed by atoms with E-state index in [2.05, 4.69) is 5.32 Å². The smallest absolute Gasteiger partial charge is 0.236 e. The average Bonchev–Trinajstić information content (AvgIpc) is 2.52. The second kappa shape index (κ2) is 4.09. The van der Waals surface area contributed by atoms with Crippen LogP contribution in [0.3, 0.4) is 0 Å². The van der Waals surface area contributed by atoms with Crippen molar-refractivity contribution in [3.05, 3.63) is 0 Å². The zero-order valence-corrected chi connectivity index (χ0v) is 8.09. The van der Waals surface area contributed by atoms with Crippen LogP contribution in [-0.4, -0.2) is 36.5 Å². The molecule has 1 aliphatic carbocycles. The zero-order chi connectivity index (χ0) is 9.10. The van der Waals surface area contributed by atoms with Crippen molar-refractivity contribution in [3.63, 3.8) is 0 Å². The minimum atomic E-state index is 0.296. The fraction of sp³-hybridized carbons (Fsp3) is 0.900. The van der Waals surface area contributed by atoms with Crippen molar-refractivity contribution in [2.45, 2.75) is 38.1 Å². The van der Waals surface area contributed by atoms with E-state index in [1.54, 1.807) is 0 Å². The molecule has 0 aromatic rings. The Hall–Kier alpha value is -0.570. The third-order valence-electron chi connectivity index (χ3n) is 3.11. The first kappa shape index (κ1) is 9.00. The highest BCUT2D eigenvalue weighted by atomic mass is 16.2. The van der Waals surface area contributed by atoms with E-state index < -0.39 is 0 Å². The molecule has 1 N–H and O–H groups in total. The minimum Gasteiger partial charge on any atom is -0.342 e. The number of nitrogens with zero attached hydrogens (tertiary/aromatic N) is 1. The van der Waals surface area contributed by atoms with E-state index in [4.69, 9.17) is 0 Å². The van der Waals surface area contributed by atoms with Gasteiger partial charge in [-0.1, -0.05) is 6.42 Å². The third-order valence-corrected chi connectivity index (χ3v) is 3.11. The van der Waals surface area contributed by atoms with Gasteiger partial charge in [-0.05, 0) is 25.7 Å². The van der Waals surface area contributed by atoms with Gasteiger partial charge in [0.1, 0.15) is 0 Å². The number of nitrogens with one attached hydrogen (secondary N) is 1. The van der Waals surface area contributed by atoms with Crippen molar-refractivity contribution in [3.8, 4) is 0 Å². The van der Waals surface area contributed by atoms with Gasteiger partial charge in [-0.2, -0.15) is 0 Å². The Balaban J connectivity index is 1.65. The van der Waals surface area contributed by atoms with Crippen molar-refractivity contribution >= 4 is 5.91 Å². The monoisotopic (exact) mass is 182 g/mol. The quantitative estimate of drug-likeness (QED) is 0.698. The minimum absolute atomic E-state index is 0.296. The predicted molar refractivity (Wildman–Crippen MR) is 51.5 cm³/mol. The second-order valence-electron chi connectivity index (χ2n) is 4.10. The molecule has 0 spiro atoms. The van der Waals surface area contributed by atoms with Crippen LogP contribution in [0.5, 0.6) is 0 Å². The molecule has 2 aliphatic rings. The molecule has 0 bridgehead atoms. The lowest BCUT2D eigenvalue weighted by Gasteiger charge is -2.27. The maximum atomic E-state index is 11.6. The molecule has 0 unspecified atom stereocenters. The molecule has 0 atom stereocenters. The molecule has 0 aromatic heterocycles. The summed E-state index contributed by atoms with van der Waals surface area (Å²) in [5, 5.41) is 3.30. The third kappa shape index (κ3) is 2.21. The topological polar surface area (TPSA) is 32.3 Å². The number of amides is 1. The van der Waals surface area contributed by atoms with E-state index in [0.29, 0.717) is 18.5 Å². The Morgan fingerprint density at radius 1 is 1.23 bits per heavy atom. The summed E-state index contributed by atoms with van der Waals surface area (Å²) < 4.78 is 0. The van der Waals surface area contributed by atoms with Crippen LogP contribution in [0.4, 0.5) is 0 Å². The van der Waals surface area contributed by atoms with Gasteiger partial charge in [-0.15, -0.1) is 0 Å². The molecule has 3 heteroatoms. The number of hydrogen-bond donors (Lipinski definition) is 1. The number of carbonyl (C=O) groups excluding carboxylic acids is 1. The van der Waals surface area contributed by atoms with Gasteiger partial charge >= 0.3 is 0 Å². The summed E-state index contributed by atoms with van der Waals surface area (Å²) in [5.74, 6) is 0.296. The average molecular weight is 182 g/mol. The fourth-order valence-electron chi connectivity index (χ4n) is 1.92. The summed E-state index contributed by atoms with van der Waals surface area (Å²) in [6.45, 7) is 2.51. The van der Waals surface area contributed by atoms with Crippen LogP contribution >= 0.6 is 0 Å². The van der Waals surface area contributed by atoms with Crippen LogP contribution < -0.4 is 5.32 Å². The molecule has 1 aliphatic heterocycles. The summed E-state index contributed by atoms with van der Waals surface area (Å²) in [7, 11) is 0. The van der Waals surface area contributed by atoms with Gasteiger partial charge in [0.2, 0.25) is 5.91 Å². The summed E-state index contributed by atoms with van der Waals surface area (Å²) in [4.78, 5) is 13.5. The van der Waals surface area contributed by atoms with E-state index in [1.807, 2.05) is 4.90 Å². The predicted octanol–water partition coefficient (Wildman–Crippen LogP) is 0.751. The SMILES string of the molecule is O=C(CNC1CCC1)N1CCCC1. The lowest BCUT2D eigenvalue weighted by molar-refractivity contribution is -0.129. The van der Waals surface area contributed by atoms with Crippen molar-refractivity contribution in [1.82, 2.24) is 10.2 Å². The fourth-order valence-corrected chi connectivity index (χ4v) is 1.92. The van der Waals surface area contributed by atoms with Crippen LogP contribution in [0, 0.1) is 0 Å². The van der Waals surface area contributed by atoms with Gasteiger partial charge in [-0.25, -0.2) is 0 Å². The standard InChI is InChI=1S/C10H18N2O/c13-10(12-6-1-2-7-12)8-11-9-4-3-5-9/h9,11H,1-8H2. The molecule has 2 rings (SSSR count). The highest BCUT2D eigenvalue weighted by molar-refractivity contribution is 5.78. The van der Waals surface area contributed by atoms with Crippen molar-refractivity contribution < 1.29 is 4.79 Å². The first-order valence-corrected chi connectivity index (χ1v) is 5.37. The molecule has 74 valence electrons. The van der Waals surface area contributed by atoms with Crippen molar-refractivity contribution in [1.29, 1.82) is 0 Å². The highest BCUT2D eigenvalue weighted by Crippen LogP contribution is 2.17. The number of likely N-dealkylation sites (tertiary alicyclic amines) is 1. The number of rotatable bonds is 3.